The summed E-state index contributed by atoms with van der Waals surface area (Å²) in [5.74, 6) is 0. The summed E-state index contributed by atoms with van der Waals surface area (Å²) in [7, 11) is 0. The standard InChI is InChI=1S/C13H22BrN3O3.C2H6/c1-13(2,3)19-12(18)17-6-4-16(5-7-17)9-10-8-11(14)15-20-10;1-2/h10H,4-9H2,1-3H3;1-2H3. The zero-order valence-corrected chi connectivity index (χ0v) is 15.9. The number of halogens is 1. The number of nitrogens with zero attached hydrogens (tertiary/aromatic N) is 3. The lowest BCUT2D eigenvalue weighted by atomic mass is 10.2. The average Bonchev–Trinajstić information content (AvgIpc) is 2.85. The predicted molar refractivity (Wildman–Crippen MR) is 91.4 cm³/mol. The van der Waals surface area contributed by atoms with Crippen molar-refractivity contribution in [1.82, 2.24) is 9.80 Å². The van der Waals surface area contributed by atoms with E-state index in [9.17, 15) is 4.79 Å². The first-order valence-corrected chi connectivity index (χ1v) is 8.71. The number of carbonyl (C=O) groups is 1. The molecule has 1 atom stereocenters. The zero-order chi connectivity index (χ0) is 16.8. The van der Waals surface area contributed by atoms with Crippen molar-refractivity contribution in [2.24, 2.45) is 5.16 Å². The Kier molecular flexibility index (Phi) is 7.62. The molecular formula is C15H28BrN3O3. The molecule has 0 saturated carbocycles. The van der Waals surface area contributed by atoms with E-state index in [4.69, 9.17) is 9.57 Å². The molecule has 0 aromatic rings. The van der Waals surface area contributed by atoms with Crippen LogP contribution in [0.3, 0.4) is 0 Å². The molecule has 1 fully saturated rings. The van der Waals surface area contributed by atoms with Crippen molar-refractivity contribution in [2.75, 3.05) is 32.7 Å². The van der Waals surface area contributed by atoms with E-state index in [-0.39, 0.29) is 12.2 Å². The van der Waals surface area contributed by atoms with Crippen LogP contribution < -0.4 is 0 Å². The lowest BCUT2D eigenvalue weighted by Gasteiger charge is -2.36. The molecule has 2 rings (SSSR count). The Morgan fingerprint density at radius 1 is 1.32 bits per heavy atom. The van der Waals surface area contributed by atoms with E-state index in [2.05, 4.69) is 26.0 Å². The van der Waals surface area contributed by atoms with Crippen LogP contribution in [0, 0.1) is 0 Å². The van der Waals surface area contributed by atoms with E-state index >= 15 is 0 Å². The molecule has 0 spiro atoms. The summed E-state index contributed by atoms with van der Waals surface area (Å²) < 4.78 is 6.25. The van der Waals surface area contributed by atoms with Crippen LogP contribution >= 0.6 is 15.9 Å². The number of hydrogen-bond donors (Lipinski definition) is 0. The maximum Gasteiger partial charge on any atom is 0.410 e. The monoisotopic (exact) mass is 377 g/mol. The third-order valence-corrected chi connectivity index (χ3v) is 3.65. The first kappa shape index (κ1) is 19.2. The van der Waals surface area contributed by atoms with Gasteiger partial charge in [-0.15, -0.1) is 0 Å². The van der Waals surface area contributed by atoms with Crippen molar-refractivity contribution < 1.29 is 14.4 Å². The number of hydrogen-bond acceptors (Lipinski definition) is 5. The summed E-state index contributed by atoms with van der Waals surface area (Å²) in [5, 5.41) is 3.89. The van der Waals surface area contributed by atoms with Crippen LogP contribution in [-0.2, 0) is 9.57 Å². The van der Waals surface area contributed by atoms with Gasteiger partial charge in [0.2, 0.25) is 0 Å². The fourth-order valence-electron chi connectivity index (χ4n) is 2.22. The maximum atomic E-state index is 11.9. The smallest absolute Gasteiger partial charge is 0.410 e. The van der Waals surface area contributed by atoms with Crippen LogP contribution in [0.15, 0.2) is 5.16 Å². The molecule has 0 aromatic carbocycles. The molecule has 0 N–H and O–H groups in total. The average molecular weight is 378 g/mol. The topological polar surface area (TPSA) is 54.4 Å². The molecule has 7 heteroatoms. The highest BCUT2D eigenvalue weighted by Gasteiger charge is 2.28. The van der Waals surface area contributed by atoms with Crippen LogP contribution in [0.1, 0.15) is 41.0 Å². The number of amides is 1. The minimum absolute atomic E-state index is 0.123. The Bertz CT molecular complexity index is 388. The number of rotatable bonds is 2. The van der Waals surface area contributed by atoms with Crippen molar-refractivity contribution in [3.8, 4) is 0 Å². The Hall–Kier alpha value is -0.820. The molecule has 22 heavy (non-hydrogen) atoms. The van der Waals surface area contributed by atoms with E-state index in [0.29, 0.717) is 13.1 Å². The summed E-state index contributed by atoms with van der Waals surface area (Å²) in [5.41, 5.74) is -0.435. The van der Waals surface area contributed by atoms with E-state index in [1.165, 1.54) is 0 Å². The highest BCUT2D eigenvalue weighted by molar-refractivity contribution is 9.18. The van der Waals surface area contributed by atoms with Gasteiger partial charge in [0.15, 0.2) is 0 Å². The molecule has 0 aromatic heterocycles. The van der Waals surface area contributed by atoms with Gasteiger partial charge in [0.25, 0.3) is 0 Å². The molecule has 6 nitrogen and oxygen atoms in total. The molecule has 1 unspecified atom stereocenters. The zero-order valence-electron chi connectivity index (χ0n) is 14.3. The van der Waals surface area contributed by atoms with Crippen LogP contribution in [0.5, 0.6) is 0 Å². The third-order valence-electron chi connectivity index (χ3n) is 3.18. The number of carbonyl (C=O) groups excluding carboxylic acids is 1. The largest absolute Gasteiger partial charge is 0.444 e. The minimum atomic E-state index is -0.435. The molecule has 128 valence electrons. The van der Waals surface area contributed by atoms with Gasteiger partial charge in [-0.25, -0.2) is 4.79 Å². The maximum absolute atomic E-state index is 11.9. The molecule has 1 amide bonds. The second-order valence-corrected chi connectivity index (χ2v) is 7.08. The van der Waals surface area contributed by atoms with E-state index in [0.717, 1.165) is 30.7 Å². The Balaban J connectivity index is 0.00000116. The van der Waals surface area contributed by atoms with Crippen molar-refractivity contribution in [1.29, 1.82) is 0 Å². The van der Waals surface area contributed by atoms with Crippen LogP contribution in [0.25, 0.3) is 0 Å². The summed E-state index contributed by atoms with van der Waals surface area (Å²) in [6, 6.07) is 0. The van der Waals surface area contributed by atoms with Crippen LogP contribution in [0.2, 0.25) is 0 Å². The van der Waals surface area contributed by atoms with Crippen LogP contribution in [0.4, 0.5) is 4.79 Å². The van der Waals surface area contributed by atoms with Gasteiger partial charge in [-0.3, -0.25) is 4.90 Å². The molecule has 0 aliphatic carbocycles. The summed E-state index contributed by atoms with van der Waals surface area (Å²) in [6.45, 7) is 13.6. The van der Waals surface area contributed by atoms with Gasteiger partial charge in [-0.1, -0.05) is 19.0 Å². The third kappa shape index (κ3) is 6.52. The summed E-state index contributed by atoms with van der Waals surface area (Å²) in [6.07, 6.45) is 0.726. The van der Waals surface area contributed by atoms with E-state index in [1.54, 1.807) is 4.90 Å². The minimum Gasteiger partial charge on any atom is -0.444 e. The SMILES string of the molecule is CC.CC(C)(C)OC(=O)N1CCN(CC2CC(Br)=NO2)CC1. The summed E-state index contributed by atoms with van der Waals surface area (Å²) in [4.78, 5) is 21.3. The molecular weight excluding hydrogens is 350 g/mol. The Morgan fingerprint density at radius 2 is 1.91 bits per heavy atom. The van der Waals surface area contributed by atoms with Crippen molar-refractivity contribution in [3.05, 3.63) is 0 Å². The number of piperazine rings is 1. The fraction of sp³-hybridized carbons (Fsp3) is 0.867. The molecule has 1 saturated heterocycles. The second-order valence-electron chi connectivity index (χ2n) is 6.17. The van der Waals surface area contributed by atoms with Crippen molar-refractivity contribution in [3.63, 3.8) is 0 Å². The fourth-order valence-corrected chi connectivity index (χ4v) is 2.66. The lowest BCUT2D eigenvalue weighted by Crippen LogP contribution is -2.51. The Labute approximate surface area is 141 Å². The van der Waals surface area contributed by atoms with E-state index in [1.807, 2.05) is 34.6 Å². The van der Waals surface area contributed by atoms with Gasteiger partial charge in [-0.05, 0) is 36.7 Å². The lowest BCUT2D eigenvalue weighted by molar-refractivity contribution is 0.00519. The van der Waals surface area contributed by atoms with Gasteiger partial charge in [0, 0.05) is 39.1 Å². The van der Waals surface area contributed by atoms with E-state index < -0.39 is 5.60 Å². The van der Waals surface area contributed by atoms with Crippen molar-refractivity contribution in [2.45, 2.75) is 52.7 Å². The molecule has 0 radical (unpaired) electrons. The molecule has 2 heterocycles. The molecule has 0 bridgehead atoms. The van der Waals surface area contributed by atoms with Gasteiger partial charge in [0.1, 0.15) is 16.3 Å². The van der Waals surface area contributed by atoms with Gasteiger partial charge in [-0.2, -0.15) is 0 Å². The van der Waals surface area contributed by atoms with Crippen LogP contribution in [-0.4, -0.2) is 64.9 Å². The normalized spacial score (nSPS) is 22.4. The van der Waals surface area contributed by atoms with Crippen molar-refractivity contribution >= 4 is 26.6 Å². The highest BCUT2D eigenvalue weighted by Crippen LogP contribution is 2.17. The Morgan fingerprint density at radius 3 is 2.36 bits per heavy atom. The molecule has 2 aliphatic heterocycles. The first-order valence-electron chi connectivity index (χ1n) is 7.92. The highest BCUT2D eigenvalue weighted by atomic mass is 79.9. The number of ether oxygens (including phenoxy) is 1. The van der Waals surface area contributed by atoms with Gasteiger partial charge in [0.05, 0.1) is 0 Å². The first-order chi connectivity index (χ1) is 10.3. The second kappa shape index (κ2) is 8.72. The van der Waals surface area contributed by atoms with Gasteiger partial charge >= 0.3 is 6.09 Å². The quantitative estimate of drug-likeness (QED) is 0.741. The predicted octanol–water partition coefficient (Wildman–Crippen LogP) is 3.06. The summed E-state index contributed by atoms with van der Waals surface area (Å²) >= 11 is 3.34. The van der Waals surface area contributed by atoms with Gasteiger partial charge < -0.3 is 14.5 Å². The molecule has 2 aliphatic rings. The number of oxime groups is 1.